The molecule has 0 fully saturated rings. The number of furan rings is 1. The summed E-state index contributed by atoms with van der Waals surface area (Å²) in [5.74, 6) is 0.888. The zero-order valence-electron chi connectivity index (χ0n) is 12.6. The van der Waals surface area contributed by atoms with Gasteiger partial charge in [0, 0.05) is 18.1 Å². The predicted octanol–water partition coefficient (Wildman–Crippen LogP) is 3.05. The van der Waals surface area contributed by atoms with Gasteiger partial charge in [-0.2, -0.15) is 0 Å². The maximum absolute atomic E-state index is 12.0. The van der Waals surface area contributed by atoms with Gasteiger partial charge in [0.1, 0.15) is 5.76 Å². The summed E-state index contributed by atoms with van der Waals surface area (Å²) in [6.07, 6.45) is 4.54. The molecule has 0 aliphatic carbocycles. The van der Waals surface area contributed by atoms with Crippen molar-refractivity contribution >= 4 is 17.5 Å². The topological polar surface area (TPSA) is 80.0 Å². The molecule has 1 amide bonds. The van der Waals surface area contributed by atoms with E-state index in [9.17, 15) is 4.79 Å². The number of hydrogen-bond acceptors (Lipinski definition) is 5. The van der Waals surface area contributed by atoms with E-state index in [0.717, 1.165) is 11.3 Å². The highest BCUT2D eigenvalue weighted by Crippen LogP contribution is 2.14. The summed E-state index contributed by atoms with van der Waals surface area (Å²) in [6.45, 7) is 2.34. The molecule has 0 aliphatic rings. The second-order valence-corrected chi connectivity index (χ2v) is 5.05. The highest BCUT2D eigenvalue weighted by molar-refractivity contribution is 5.93. The van der Waals surface area contributed by atoms with Crippen LogP contribution in [0.15, 0.2) is 59.5 Å². The molecule has 0 saturated heterocycles. The molecule has 3 rings (SSSR count). The quantitative estimate of drug-likeness (QED) is 0.757. The molecule has 0 radical (unpaired) electrons. The Morgan fingerprint density at radius 2 is 2.00 bits per heavy atom. The fraction of sp³-hybridized carbons (Fsp3) is 0.118. The lowest BCUT2D eigenvalue weighted by atomic mass is 10.2. The van der Waals surface area contributed by atoms with Crippen LogP contribution < -0.4 is 10.6 Å². The maximum atomic E-state index is 12.0. The van der Waals surface area contributed by atoms with Crippen LogP contribution in [-0.2, 0) is 6.54 Å². The summed E-state index contributed by atoms with van der Waals surface area (Å²) < 4.78 is 5.16. The summed E-state index contributed by atoms with van der Waals surface area (Å²) in [4.78, 5) is 20.3. The first-order valence-corrected chi connectivity index (χ1v) is 7.17. The highest BCUT2D eigenvalue weighted by Gasteiger charge is 2.08. The van der Waals surface area contributed by atoms with Crippen LogP contribution in [-0.4, -0.2) is 15.9 Å². The van der Waals surface area contributed by atoms with Crippen molar-refractivity contribution in [1.82, 2.24) is 15.3 Å². The second-order valence-electron chi connectivity index (χ2n) is 5.05. The first kappa shape index (κ1) is 14.8. The van der Waals surface area contributed by atoms with E-state index in [4.69, 9.17) is 4.42 Å². The molecule has 6 heteroatoms. The molecule has 1 aromatic carbocycles. The van der Waals surface area contributed by atoms with Crippen LogP contribution in [0, 0.1) is 6.92 Å². The van der Waals surface area contributed by atoms with E-state index in [1.54, 1.807) is 18.4 Å². The van der Waals surface area contributed by atoms with Gasteiger partial charge in [0.05, 0.1) is 18.4 Å². The Balaban J connectivity index is 1.61. The van der Waals surface area contributed by atoms with E-state index in [-0.39, 0.29) is 5.91 Å². The largest absolute Gasteiger partial charge is 0.467 e. The van der Waals surface area contributed by atoms with Crippen molar-refractivity contribution in [3.63, 3.8) is 0 Å². The number of nitrogens with one attached hydrogen (secondary N) is 2. The monoisotopic (exact) mass is 308 g/mol. The summed E-state index contributed by atoms with van der Waals surface area (Å²) in [6, 6.07) is 11.5. The third-order valence-corrected chi connectivity index (χ3v) is 3.19. The summed E-state index contributed by atoms with van der Waals surface area (Å²) in [5.41, 5.74) is 2.44. The van der Waals surface area contributed by atoms with Crippen LogP contribution >= 0.6 is 0 Å². The Morgan fingerprint density at radius 3 is 2.70 bits per heavy atom. The molecular weight excluding hydrogens is 292 g/mol. The lowest BCUT2D eigenvalue weighted by Gasteiger charge is -2.06. The molecule has 0 unspecified atom stereocenters. The lowest BCUT2D eigenvalue weighted by Crippen LogP contribution is -2.22. The molecule has 2 aromatic heterocycles. The Bertz CT molecular complexity index is 783. The van der Waals surface area contributed by atoms with Gasteiger partial charge in [0.15, 0.2) is 0 Å². The van der Waals surface area contributed by atoms with Gasteiger partial charge in [-0.3, -0.25) is 4.79 Å². The maximum Gasteiger partial charge on any atom is 0.254 e. The van der Waals surface area contributed by atoms with Crippen LogP contribution in [0.4, 0.5) is 11.6 Å². The SMILES string of the molecule is Cc1cccc(Nc2ncc(C(=O)NCc3ccco3)cn2)c1. The number of carbonyl (C=O) groups excluding carboxylic acids is 1. The molecule has 116 valence electrons. The van der Waals surface area contributed by atoms with E-state index in [1.165, 1.54) is 12.4 Å². The number of anilines is 2. The van der Waals surface area contributed by atoms with Gasteiger partial charge >= 0.3 is 0 Å². The second kappa shape index (κ2) is 6.74. The normalized spacial score (nSPS) is 10.3. The summed E-state index contributed by atoms with van der Waals surface area (Å²) >= 11 is 0. The Hall–Kier alpha value is -3.15. The summed E-state index contributed by atoms with van der Waals surface area (Å²) in [5, 5.41) is 5.84. The van der Waals surface area contributed by atoms with Gasteiger partial charge < -0.3 is 15.1 Å². The molecule has 0 spiro atoms. The highest BCUT2D eigenvalue weighted by atomic mass is 16.3. The van der Waals surface area contributed by atoms with Crippen molar-refractivity contribution in [1.29, 1.82) is 0 Å². The molecule has 0 bridgehead atoms. The smallest absolute Gasteiger partial charge is 0.254 e. The number of carbonyl (C=O) groups is 1. The fourth-order valence-electron chi connectivity index (χ4n) is 2.04. The van der Waals surface area contributed by atoms with Crippen LogP contribution in [0.5, 0.6) is 0 Å². The van der Waals surface area contributed by atoms with Crippen LogP contribution in [0.25, 0.3) is 0 Å². The summed E-state index contributed by atoms with van der Waals surface area (Å²) in [7, 11) is 0. The molecule has 23 heavy (non-hydrogen) atoms. The number of nitrogens with zero attached hydrogens (tertiary/aromatic N) is 2. The lowest BCUT2D eigenvalue weighted by molar-refractivity contribution is 0.0947. The molecule has 2 N–H and O–H groups in total. The fourth-order valence-corrected chi connectivity index (χ4v) is 2.04. The standard InChI is InChI=1S/C17H16N4O2/c1-12-4-2-5-14(8-12)21-17-19-9-13(10-20-17)16(22)18-11-15-6-3-7-23-15/h2-10H,11H2,1H3,(H,18,22)(H,19,20,21). The average Bonchev–Trinajstić information content (AvgIpc) is 3.07. The van der Waals surface area contributed by atoms with E-state index in [1.807, 2.05) is 31.2 Å². The first-order chi connectivity index (χ1) is 11.2. The zero-order chi connectivity index (χ0) is 16.1. The molecular formula is C17H16N4O2. The molecule has 2 heterocycles. The molecule has 0 atom stereocenters. The van der Waals surface area contributed by atoms with Gasteiger partial charge in [-0.1, -0.05) is 12.1 Å². The Labute approximate surface area is 133 Å². The zero-order valence-corrected chi connectivity index (χ0v) is 12.6. The molecule has 6 nitrogen and oxygen atoms in total. The Kier molecular flexibility index (Phi) is 4.33. The minimum atomic E-state index is -0.247. The van der Waals surface area contributed by atoms with Crippen molar-refractivity contribution < 1.29 is 9.21 Å². The minimum Gasteiger partial charge on any atom is -0.467 e. The number of aryl methyl sites for hydroxylation is 1. The van der Waals surface area contributed by atoms with Crippen molar-refractivity contribution in [2.75, 3.05) is 5.32 Å². The number of amides is 1. The van der Waals surface area contributed by atoms with E-state index >= 15 is 0 Å². The number of rotatable bonds is 5. The van der Waals surface area contributed by atoms with E-state index < -0.39 is 0 Å². The van der Waals surface area contributed by atoms with E-state index in [0.29, 0.717) is 23.8 Å². The predicted molar refractivity (Wildman–Crippen MR) is 86.4 cm³/mol. The van der Waals surface area contributed by atoms with E-state index in [2.05, 4.69) is 20.6 Å². The first-order valence-electron chi connectivity index (χ1n) is 7.17. The number of benzene rings is 1. The minimum absolute atomic E-state index is 0.247. The van der Waals surface area contributed by atoms with Gasteiger partial charge in [0.2, 0.25) is 5.95 Å². The van der Waals surface area contributed by atoms with Crippen molar-refractivity contribution in [3.05, 3.63) is 71.9 Å². The van der Waals surface area contributed by atoms with Gasteiger partial charge in [-0.15, -0.1) is 0 Å². The van der Waals surface area contributed by atoms with Crippen LogP contribution in [0.3, 0.4) is 0 Å². The third-order valence-electron chi connectivity index (χ3n) is 3.19. The van der Waals surface area contributed by atoms with Gasteiger partial charge in [-0.05, 0) is 36.8 Å². The van der Waals surface area contributed by atoms with Crippen molar-refractivity contribution in [3.8, 4) is 0 Å². The van der Waals surface area contributed by atoms with Crippen molar-refractivity contribution in [2.24, 2.45) is 0 Å². The van der Waals surface area contributed by atoms with Gasteiger partial charge in [0.25, 0.3) is 5.91 Å². The Morgan fingerprint density at radius 1 is 1.17 bits per heavy atom. The molecule has 0 saturated carbocycles. The number of aromatic nitrogens is 2. The van der Waals surface area contributed by atoms with Crippen molar-refractivity contribution in [2.45, 2.75) is 13.5 Å². The molecule has 0 aliphatic heterocycles. The average molecular weight is 308 g/mol. The number of hydrogen-bond donors (Lipinski definition) is 2. The third kappa shape index (κ3) is 3.94. The van der Waals surface area contributed by atoms with Crippen LogP contribution in [0.2, 0.25) is 0 Å². The van der Waals surface area contributed by atoms with Crippen LogP contribution in [0.1, 0.15) is 21.7 Å². The van der Waals surface area contributed by atoms with Gasteiger partial charge in [-0.25, -0.2) is 9.97 Å². The molecule has 3 aromatic rings.